The van der Waals surface area contributed by atoms with Crippen LogP contribution in [0.1, 0.15) is 64.2 Å². The van der Waals surface area contributed by atoms with Crippen molar-refractivity contribution in [2.45, 2.75) is 76.3 Å². The molecule has 2 atom stereocenters. The fourth-order valence-electron chi connectivity index (χ4n) is 5.25. The molecule has 4 fully saturated rings. The first-order chi connectivity index (χ1) is 11.4. The summed E-state index contributed by atoms with van der Waals surface area (Å²) < 4.78 is 5.53. The van der Waals surface area contributed by atoms with Gasteiger partial charge in [-0.3, -0.25) is 0 Å². The van der Waals surface area contributed by atoms with E-state index in [9.17, 15) is 0 Å². The van der Waals surface area contributed by atoms with E-state index in [2.05, 4.69) is 10.2 Å². The number of nitrogens with one attached hydrogen (secondary N) is 1. The van der Waals surface area contributed by atoms with Gasteiger partial charge >= 0.3 is 0 Å². The lowest BCUT2D eigenvalue weighted by Gasteiger charge is -2.38. The number of piperidine rings is 1. The van der Waals surface area contributed by atoms with E-state index in [0.717, 1.165) is 43.1 Å². The van der Waals surface area contributed by atoms with E-state index in [0.29, 0.717) is 0 Å². The molecule has 0 radical (unpaired) electrons. The number of rotatable bonds is 6. The van der Waals surface area contributed by atoms with E-state index < -0.39 is 0 Å². The van der Waals surface area contributed by atoms with Crippen LogP contribution in [0.2, 0.25) is 0 Å². The molecule has 4 aliphatic rings. The number of hydrogen-bond donors (Lipinski definition) is 1. The van der Waals surface area contributed by atoms with Crippen LogP contribution in [0.15, 0.2) is 0 Å². The Labute approximate surface area is 142 Å². The van der Waals surface area contributed by atoms with Crippen molar-refractivity contribution < 1.29 is 4.74 Å². The highest BCUT2D eigenvalue weighted by atomic mass is 16.5. The maximum Gasteiger partial charge on any atom is 0.0507 e. The molecule has 0 spiro atoms. The van der Waals surface area contributed by atoms with Crippen LogP contribution >= 0.6 is 0 Å². The highest BCUT2D eigenvalue weighted by Crippen LogP contribution is 2.40. The smallest absolute Gasteiger partial charge is 0.0507 e. The minimum Gasteiger partial charge on any atom is -0.381 e. The minimum atomic E-state index is 0.790. The molecule has 0 bridgehead atoms. The highest BCUT2D eigenvalue weighted by Gasteiger charge is 2.38. The largest absolute Gasteiger partial charge is 0.381 e. The van der Waals surface area contributed by atoms with Crippen molar-refractivity contribution in [2.24, 2.45) is 17.8 Å². The van der Waals surface area contributed by atoms with Gasteiger partial charge in [0.15, 0.2) is 0 Å². The summed E-state index contributed by atoms with van der Waals surface area (Å²) in [5.74, 6) is 2.82. The number of nitrogens with zero attached hydrogens (tertiary/aromatic N) is 1. The van der Waals surface area contributed by atoms with Gasteiger partial charge in [-0.2, -0.15) is 0 Å². The third-order valence-corrected chi connectivity index (χ3v) is 6.84. The summed E-state index contributed by atoms with van der Waals surface area (Å²) in [6, 6.07) is 1.65. The summed E-state index contributed by atoms with van der Waals surface area (Å²) in [7, 11) is 0. The Morgan fingerprint density at radius 1 is 0.870 bits per heavy atom. The summed E-state index contributed by atoms with van der Waals surface area (Å²) in [4.78, 5) is 2.70. The molecule has 0 aromatic carbocycles. The maximum absolute atomic E-state index is 5.53. The van der Waals surface area contributed by atoms with E-state index in [-0.39, 0.29) is 0 Å². The van der Waals surface area contributed by atoms with Crippen LogP contribution in [0.3, 0.4) is 0 Å². The molecule has 132 valence electrons. The van der Waals surface area contributed by atoms with Gasteiger partial charge in [-0.05, 0) is 75.8 Å². The SMILES string of the molecule is C1CCC(C(NC2CCN(CC3CCOC3)CC2)C2CC2)CC1. The highest BCUT2D eigenvalue weighted by molar-refractivity contribution is 4.94. The van der Waals surface area contributed by atoms with E-state index in [4.69, 9.17) is 4.74 Å². The predicted octanol–water partition coefficient (Wildman–Crippen LogP) is 3.44. The Hall–Kier alpha value is -0.120. The lowest BCUT2D eigenvalue weighted by atomic mass is 9.81. The van der Waals surface area contributed by atoms with Gasteiger partial charge in [-0.1, -0.05) is 19.3 Å². The normalized spacial score (nSPS) is 33.1. The molecule has 0 aromatic rings. The lowest BCUT2D eigenvalue weighted by molar-refractivity contribution is 0.136. The monoisotopic (exact) mass is 320 g/mol. The van der Waals surface area contributed by atoms with Gasteiger partial charge in [0.25, 0.3) is 0 Å². The van der Waals surface area contributed by atoms with E-state index in [1.807, 2.05) is 0 Å². The first-order valence-electron chi connectivity index (χ1n) is 10.4. The molecule has 2 aliphatic heterocycles. The fourth-order valence-corrected chi connectivity index (χ4v) is 5.25. The second kappa shape index (κ2) is 7.84. The molecule has 3 nitrogen and oxygen atoms in total. The number of ether oxygens (including phenoxy) is 1. The molecule has 2 unspecified atom stereocenters. The fraction of sp³-hybridized carbons (Fsp3) is 1.00. The van der Waals surface area contributed by atoms with Crippen molar-refractivity contribution >= 4 is 0 Å². The van der Waals surface area contributed by atoms with Crippen LogP contribution in [0, 0.1) is 17.8 Å². The van der Waals surface area contributed by atoms with Crippen LogP contribution in [-0.4, -0.2) is 49.8 Å². The van der Waals surface area contributed by atoms with Crippen molar-refractivity contribution in [2.75, 3.05) is 32.8 Å². The van der Waals surface area contributed by atoms with E-state index in [1.165, 1.54) is 83.8 Å². The van der Waals surface area contributed by atoms with Gasteiger partial charge in [-0.15, -0.1) is 0 Å². The van der Waals surface area contributed by atoms with Crippen molar-refractivity contribution in [1.29, 1.82) is 0 Å². The Balaban J connectivity index is 1.22. The minimum absolute atomic E-state index is 0.790. The molecule has 3 heteroatoms. The third kappa shape index (κ3) is 4.49. The second-order valence-electron chi connectivity index (χ2n) is 8.73. The molecular formula is C20H36N2O. The molecule has 2 saturated carbocycles. The van der Waals surface area contributed by atoms with Gasteiger partial charge in [0, 0.05) is 25.2 Å². The van der Waals surface area contributed by atoms with Crippen LogP contribution < -0.4 is 5.32 Å². The first-order valence-corrected chi connectivity index (χ1v) is 10.4. The van der Waals surface area contributed by atoms with E-state index in [1.54, 1.807) is 0 Å². The predicted molar refractivity (Wildman–Crippen MR) is 94.6 cm³/mol. The van der Waals surface area contributed by atoms with E-state index >= 15 is 0 Å². The Kier molecular flexibility index (Phi) is 5.58. The topological polar surface area (TPSA) is 24.5 Å². The molecule has 0 aromatic heterocycles. The Morgan fingerprint density at radius 3 is 2.26 bits per heavy atom. The molecule has 2 saturated heterocycles. The van der Waals surface area contributed by atoms with Crippen LogP contribution in [-0.2, 0) is 4.74 Å². The van der Waals surface area contributed by atoms with Crippen LogP contribution in [0.25, 0.3) is 0 Å². The quantitative estimate of drug-likeness (QED) is 0.811. The van der Waals surface area contributed by atoms with Gasteiger partial charge in [0.2, 0.25) is 0 Å². The van der Waals surface area contributed by atoms with Gasteiger partial charge in [0.1, 0.15) is 0 Å². The average Bonchev–Trinajstić information content (AvgIpc) is 3.32. The standard InChI is InChI=1S/C20H36N2O/c1-2-4-17(5-3-1)20(18-6-7-18)21-19-8-11-22(12-9-19)14-16-10-13-23-15-16/h16-21H,1-15H2. The third-order valence-electron chi connectivity index (χ3n) is 6.84. The van der Waals surface area contributed by atoms with Crippen molar-refractivity contribution in [3.63, 3.8) is 0 Å². The van der Waals surface area contributed by atoms with Crippen molar-refractivity contribution in [1.82, 2.24) is 10.2 Å². The molecule has 0 amide bonds. The number of hydrogen-bond acceptors (Lipinski definition) is 3. The second-order valence-corrected chi connectivity index (χ2v) is 8.73. The van der Waals surface area contributed by atoms with Crippen molar-refractivity contribution in [3.8, 4) is 0 Å². The van der Waals surface area contributed by atoms with Gasteiger partial charge in [0.05, 0.1) is 6.61 Å². The molecular weight excluding hydrogens is 284 g/mol. The lowest BCUT2D eigenvalue weighted by Crippen LogP contribution is -2.50. The Bertz CT molecular complexity index is 351. The molecule has 23 heavy (non-hydrogen) atoms. The number of likely N-dealkylation sites (tertiary alicyclic amines) is 1. The van der Waals surface area contributed by atoms with Gasteiger partial charge in [-0.25, -0.2) is 0 Å². The zero-order valence-electron chi connectivity index (χ0n) is 14.8. The van der Waals surface area contributed by atoms with Gasteiger partial charge < -0.3 is 15.0 Å². The summed E-state index contributed by atoms with van der Waals surface area (Å²) in [6.07, 6.45) is 14.4. The average molecular weight is 321 g/mol. The first kappa shape index (κ1) is 16.4. The molecule has 1 N–H and O–H groups in total. The maximum atomic E-state index is 5.53. The Morgan fingerprint density at radius 2 is 1.61 bits per heavy atom. The molecule has 4 rings (SSSR count). The molecule has 2 aliphatic carbocycles. The summed E-state index contributed by atoms with van der Waals surface area (Å²) in [6.45, 7) is 5.88. The van der Waals surface area contributed by atoms with Crippen LogP contribution in [0.4, 0.5) is 0 Å². The summed E-state index contributed by atoms with van der Waals surface area (Å²) in [5, 5.41) is 4.15. The van der Waals surface area contributed by atoms with Crippen LogP contribution in [0.5, 0.6) is 0 Å². The zero-order chi connectivity index (χ0) is 15.5. The molecule has 2 heterocycles. The summed E-state index contributed by atoms with van der Waals surface area (Å²) >= 11 is 0. The zero-order valence-corrected chi connectivity index (χ0v) is 14.8. The van der Waals surface area contributed by atoms with Crippen molar-refractivity contribution in [3.05, 3.63) is 0 Å². The summed E-state index contributed by atoms with van der Waals surface area (Å²) in [5.41, 5.74) is 0.